The Hall–Kier alpha value is -1.31. The minimum absolute atomic E-state index is 0.100. The first kappa shape index (κ1) is 20.7. The van der Waals surface area contributed by atoms with Gasteiger partial charge in [0, 0.05) is 24.3 Å². The summed E-state index contributed by atoms with van der Waals surface area (Å²) in [7, 11) is 0. The molecule has 138 valence electrons. The standard InChI is InChI=1S/C17H31N3O4/c1-16(2,11-21)13(18)9-14(22)20-15(23)17(3,4)19-10-12-5-7-24-8-6-12/h12,18-19,21H,5-11H2,1-4H3,(H,20,22,23). The summed E-state index contributed by atoms with van der Waals surface area (Å²) in [6.45, 7) is 8.82. The highest BCUT2D eigenvalue weighted by molar-refractivity contribution is 6.08. The number of aliphatic hydroxyl groups excluding tert-OH is 1. The van der Waals surface area contributed by atoms with Crippen molar-refractivity contribution in [1.82, 2.24) is 10.6 Å². The van der Waals surface area contributed by atoms with Crippen LogP contribution in [0.3, 0.4) is 0 Å². The zero-order chi connectivity index (χ0) is 18.4. The maximum Gasteiger partial charge on any atom is 0.246 e. The average molecular weight is 341 g/mol. The fourth-order valence-electron chi connectivity index (χ4n) is 2.25. The molecule has 0 saturated carbocycles. The first-order valence-electron chi connectivity index (χ1n) is 8.44. The van der Waals surface area contributed by atoms with Crippen molar-refractivity contribution in [3.63, 3.8) is 0 Å². The summed E-state index contributed by atoms with van der Waals surface area (Å²) in [5.41, 5.74) is -1.54. The van der Waals surface area contributed by atoms with E-state index in [0.29, 0.717) is 12.5 Å². The summed E-state index contributed by atoms with van der Waals surface area (Å²) in [5, 5.41) is 22.7. The number of hydrogen-bond donors (Lipinski definition) is 4. The molecular formula is C17H31N3O4. The zero-order valence-electron chi connectivity index (χ0n) is 15.2. The van der Waals surface area contributed by atoms with Crippen molar-refractivity contribution in [2.75, 3.05) is 26.4 Å². The van der Waals surface area contributed by atoms with Crippen LogP contribution in [-0.4, -0.2) is 54.5 Å². The van der Waals surface area contributed by atoms with Crippen LogP contribution in [0.4, 0.5) is 0 Å². The number of ether oxygens (including phenoxy) is 1. The quantitative estimate of drug-likeness (QED) is 0.489. The van der Waals surface area contributed by atoms with Gasteiger partial charge < -0.3 is 20.6 Å². The Bertz CT molecular complexity index is 468. The van der Waals surface area contributed by atoms with E-state index in [1.807, 2.05) is 0 Å². The van der Waals surface area contributed by atoms with Gasteiger partial charge in [0.15, 0.2) is 0 Å². The number of carbonyl (C=O) groups is 2. The van der Waals surface area contributed by atoms with Crippen LogP contribution in [0.15, 0.2) is 0 Å². The van der Waals surface area contributed by atoms with Crippen molar-refractivity contribution in [2.45, 2.75) is 52.5 Å². The Labute approximate surface area is 144 Å². The number of rotatable bonds is 8. The van der Waals surface area contributed by atoms with E-state index < -0.39 is 22.8 Å². The molecule has 0 radical (unpaired) electrons. The highest BCUT2D eigenvalue weighted by atomic mass is 16.5. The lowest BCUT2D eigenvalue weighted by atomic mass is 9.86. The Morgan fingerprint density at radius 1 is 1.21 bits per heavy atom. The van der Waals surface area contributed by atoms with E-state index in [1.54, 1.807) is 27.7 Å². The van der Waals surface area contributed by atoms with Gasteiger partial charge >= 0.3 is 0 Å². The third-order valence-corrected chi connectivity index (χ3v) is 4.54. The summed E-state index contributed by atoms with van der Waals surface area (Å²) < 4.78 is 5.32. The molecule has 1 aliphatic heterocycles. The second-order valence-electron chi connectivity index (χ2n) is 7.64. The van der Waals surface area contributed by atoms with Gasteiger partial charge in [-0.2, -0.15) is 0 Å². The normalized spacial score (nSPS) is 16.7. The predicted molar refractivity (Wildman–Crippen MR) is 92.0 cm³/mol. The predicted octanol–water partition coefficient (Wildman–Crippen LogP) is 0.852. The molecule has 7 nitrogen and oxygen atoms in total. The second kappa shape index (κ2) is 8.69. The van der Waals surface area contributed by atoms with Gasteiger partial charge in [-0.05, 0) is 39.2 Å². The van der Waals surface area contributed by atoms with Crippen LogP contribution >= 0.6 is 0 Å². The van der Waals surface area contributed by atoms with E-state index in [9.17, 15) is 14.7 Å². The second-order valence-corrected chi connectivity index (χ2v) is 7.64. The van der Waals surface area contributed by atoms with E-state index in [4.69, 9.17) is 10.1 Å². The van der Waals surface area contributed by atoms with Crippen molar-refractivity contribution < 1.29 is 19.4 Å². The van der Waals surface area contributed by atoms with Crippen LogP contribution in [0.25, 0.3) is 0 Å². The molecule has 0 aromatic heterocycles. The molecule has 0 aromatic rings. The summed E-state index contributed by atoms with van der Waals surface area (Å²) in [5.74, 6) is -0.457. The van der Waals surface area contributed by atoms with E-state index in [2.05, 4.69) is 10.6 Å². The third-order valence-electron chi connectivity index (χ3n) is 4.54. The SMILES string of the molecule is CC(C)(CO)C(=N)CC(=O)NC(=O)C(C)(C)NCC1CCOCC1. The lowest BCUT2D eigenvalue weighted by molar-refractivity contribution is -0.133. The monoisotopic (exact) mass is 341 g/mol. The van der Waals surface area contributed by atoms with Crippen LogP contribution in [0.2, 0.25) is 0 Å². The summed E-state index contributed by atoms with van der Waals surface area (Å²) in [4.78, 5) is 24.3. The molecule has 0 unspecified atom stereocenters. The van der Waals surface area contributed by atoms with Gasteiger partial charge in [-0.25, -0.2) is 0 Å². The Balaban J connectivity index is 2.46. The van der Waals surface area contributed by atoms with Crippen LogP contribution in [0.1, 0.15) is 47.0 Å². The fourth-order valence-corrected chi connectivity index (χ4v) is 2.25. The van der Waals surface area contributed by atoms with Crippen LogP contribution in [-0.2, 0) is 14.3 Å². The number of aliphatic hydroxyl groups is 1. The molecular weight excluding hydrogens is 310 g/mol. The number of hydrogen-bond acceptors (Lipinski definition) is 6. The Kier molecular flexibility index (Phi) is 7.51. The Morgan fingerprint density at radius 2 is 1.79 bits per heavy atom. The van der Waals surface area contributed by atoms with Gasteiger partial charge in [0.2, 0.25) is 11.8 Å². The lowest BCUT2D eigenvalue weighted by Crippen LogP contribution is -2.55. The molecule has 24 heavy (non-hydrogen) atoms. The van der Waals surface area contributed by atoms with Crippen LogP contribution < -0.4 is 10.6 Å². The van der Waals surface area contributed by atoms with Gasteiger partial charge in [0.05, 0.1) is 18.6 Å². The summed E-state index contributed by atoms with van der Waals surface area (Å²) in [6, 6.07) is 0. The maximum atomic E-state index is 12.3. The number of imide groups is 1. The smallest absolute Gasteiger partial charge is 0.246 e. The molecule has 1 saturated heterocycles. The molecule has 2 amide bonds. The molecule has 4 N–H and O–H groups in total. The van der Waals surface area contributed by atoms with Gasteiger partial charge in [0.1, 0.15) is 0 Å². The molecule has 0 bridgehead atoms. The molecule has 0 atom stereocenters. The fraction of sp³-hybridized carbons (Fsp3) is 0.824. The molecule has 0 aromatic carbocycles. The maximum absolute atomic E-state index is 12.3. The van der Waals surface area contributed by atoms with Gasteiger partial charge in [0.25, 0.3) is 0 Å². The van der Waals surface area contributed by atoms with Gasteiger partial charge in [-0.1, -0.05) is 13.8 Å². The molecule has 7 heteroatoms. The first-order chi connectivity index (χ1) is 11.1. The molecule has 1 aliphatic rings. The van der Waals surface area contributed by atoms with Crippen molar-refractivity contribution in [3.05, 3.63) is 0 Å². The van der Waals surface area contributed by atoms with E-state index in [1.165, 1.54) is 0 Å². The highest BCUT2D eigenvalue weighted by Gasteiger charge is 2.31. The molecule has 1 heterocycles. The minimum Gasteiger partial charge on any atom is -0.395 e. The van der Waals surface area contributed by atoms with Gasteiger partial charge in [-0.15, -0.1) is 0 Å². The highest BCUT2D eigenvalue weighted by Crippen LogP contribution is 2.18. The number of carbonyl (C=O) groups excluding carboxylic acids is 2. The van der Waals surface area contributed by atoms with Crippen LogP contribution in [0.5, 0.6) is 0 Å². The van der Waals surface area contributed by atoms with Gasteiger partial charge in [-0.3, -0.25) is 14.9 Å². The minimum atomic E-state index is -0.872. The van der Waals surface area contributed by atoms with Crippen molar-refractivity contribution in [3.8, 4) is 0 Å². The van der Waals surface area contributed by atoms with Crippen molar-refractivity contribution in [1.29, 1.82) is 5.41 Å². The Morgan fingerprint density at radius 3 is 2.33 bits per heavy atom. The average Bonchev–Trinajstić information content (AvgIpc) is 2.53. The lowest BCUT2D eigenvalue weighted by Gasteiger charge is -2.29. The molecule has 1 rings (SSSR count). The third kappa shape index (κ3) is 6.30. The van der Waals surface area contributed by atoms with Crippen LogP contribution in [0, 0.1) is 16.7 Å². The van der Waals surface area contributed by atoms with E-state index in [0.717, 1.165) is 26.1 Å². The topological polar surface area (TPSA) is 112 Å². The summed E-state index contributed by atoms with van der Waals surface area (Å²) in [6.07, 6.45) is 1.74. The van der Waals surface area contributed by atoms with E-state index in [-0.39, 0.29) is 18.7 Å². The number of nitrogens with one attached hydrogen (secondary N) is 3. The first-order valence-corrected chi connectivity index (χ1v) is 8.44. The zero-order valence-corrected chi connectivity index (χ0v) is 15.2. The van der Waals surface area contributed by atoms with Crippen molar-refractivity contribution >= 4 is 17.5 Å². The largest absolute Gasteiger partial charge is 0.395 e. The van der Waals surface area contributed by atoms with E-state index >= 15 is 0 Å². The summed E-state index contributed by atoms with van der Waals surface area (Å²) >= 11 is 0. The molecule has 0 aliphatic carbocycles. The number of amides is 2. The molecule has 0 spiro atoms. The molecule has 1 fully saturated rings. The van der Waals surface area contributed by atoms with Crippen molar-refractivity contribution in [2.24, 2.45) is 11.3 Å².